The summed E-state index contributed by atoms with van der Waals surface area (Å²) in [5, 5.41) is 0.771. The number of nitrogen functional groups attached to an aromatic ring is 1. The topological polar surface area (TPSA) is 26.0 Å². The van der Waals surface area contributed by atoms with Crippen LogP contribution in [-0.2, 0) is 6.42 Å². The molecule has 2 N–H and O–H groups in total. The molecule has 2 rings (SSSR count). The Balaban J connectivity index is 2.20. The van der Waals surface area contributed by atoms with Gasteiger partial charge in [0.05, 0.1) is 0 Å². The van der Waals surface area contributed by atoms with Gasteiger partial charge < -0.3 is 5.73 Å². The number of anilines is 1. The van der Waals surface area contributed by atoms with Crippen LogP contribution in [0.15, 0.2) is 42.5 Å². The van der Waals surface area contributed by atoms with Gasteiger partial charge in [0.15, 0.2) is 0 Å². The van der Waals surface area contributed by atoms with Gasteiger partial charge in [-0.05, 0) is 48.2 Å². The molecule has 0 spiro atoms. The third-order valence-electron chi connectivity index (χ3n) is 2.67. The summed E-state index contributed by atoms with van der Waals surface area (Å²) in [7, 11) is 0. The lowest BCUT2D eigenvalue weighted by Crippen LogP contribution is -1.93. The number of benzene rings is 2. The molecule has 0 atom stereocenters. The van der Waals surface area contributed by atoms with E-state index in [-0.39, 0.29) is 0 Å². The molecule has 0 radical (unpaired) electrons. The normalized spacial score (nSPS) is 10.4. The molecule has 0 saturated heterocycles. The van der Waals surface area contributed by atoms with Crippen molar-refractivity contribution in [2.75, 3.05) is 5.73 Å². The fourth-order valence-electron chi connectivity index (χ4n) is 1.64. The van der Waals surface area contributed by atoms with Crippen molar-refractivity contribution in [3.05, 3.63) is 64.2 Å². The first-order chi connectivity index (χ1) is 7.65. The van der Waals surface area contributed by atoms with Crippen LogP contribution in [0.2, 0.25) is 5.02 Å². The lowest BCUT2D eigenvalue weighted by atomic mass is 10.0. The van der Waals surface area contributed by atoms with Gasteiger partial charge in [-0.2, -0.15) is 0 Å². The Morgan fingerprint density at radius 2 is 1.62 bits per heavy atom. The highest BCUT2D eigenvalue weighted by Gasteiger charge is 1.99. The van der Waals surface area contributed by atoms with Crippen molar-refractivity contribution < 1.29 is 0 Å². The molecule has 0 fully saturated rings. The lowest BCUT2D eigenvalue weighted by Gasteiger charge is -2.05. The summed E-state index contributed by atoms with van der Waals surface area (Å²) in [6.07, 6.45) is 0.891. The lowest BCUT2D eigenvalue weighted by molar-refractivity contribution is 1.19. The van der Waals surface area contributed by atoms with Gasteiger partial charge in [-0.25, -0.2) is 0 Å². The third-order valence-corrected chi connectivity index (χ3v) is 2.92. The molecule has 16 heavy (non-hydrogen) atoms. The molecule has 0 aromatic heterocycles. The molecular formula is C14H14ClN. The Bertz CT molecular complexity index is 489. The molecule has 2 aromatic carbocycles. The first-order valence-electron chi connectivity index (χ1n) is 5.24. The quantitative estimate of drug-likeness (QED) is 0.782. The molecule has 0 aliphatic rings. The average Bonchev–Trinajstić information content (AvgIpc) is 2.27. The van der Waals surface area contributed by atoms with E-state index in [1.807, 2.05) is 37.3 Å². The van der Waals surface area contributed by atoms with Gasteiger partial charge in [0.1, 0.15) is 0 Å². The van der Waals surface area contributed by atoms with Crippen molar-refractivity contribution in [1.82, 2.24) is 0 Å². The molecular weight excluding hydrogens is 218 g/mol. The number of hydrogen-bond acceptors (Lipinski definition) is 1. The molecule has 1 nitrogen and oxygen atoms in total. The SMILES string of the molecule is Cc1ccc(Cc2ccc(Cl)cc2)cc1N. The molecule has 2 aromatic rings. The van der Waals surface area contributed by atoms with Crippen LogP contribution in [0.1, 0.15) is 16.7 Å². The second-order valence-electron chi connectivity index (χ2n) is 3.99. The van der Waals surface area contributed by atoms with E-state index in [1.54, 1.807) is 0 Å². The molecule has 0 aliphatic heterocycles. The van der Waals surface area contributed by atoms with Crippen LogP contribution in [0.25, 0.3) is 0 Å². The highest BCUT2D eigenvalue weighted by molar-refractivity contribution is 6.30. The Morgan fingerprint density at radius 1 is 1.00 bits per heavy atom. The van der Waals surface area contributed by atoms with Crippen molar-refractivity contribution in [1.29, 1.82) is 0 Å². The van der Waals surface area contributed by atoms with Gasteiger partial charge in [0.2, 0.25) is 0 Å². The van der Waals surface area contributed by atoms with E-state index in [9.17, 15) is 0 Å². The fraction of sp³-hybridized carbons (Fsp3) is 0.143. The highest BCUT2D eigenvalue weighted by atomic mass is 35.5. The van der Waals surface area contributed by atoms with E-state index in [2.05, 4.69) is 12.1 Å². The summed E-state index contributed by atoms with van der Waals surface area (Å²) >= 11 is 5.84. The minimum Gasteiger partial charge on any atom is -0.399 e. The maximum Gasteiger partial charge on any atom is 0.0406 e. The van der Waals surface area contributed by atoms with Gasteiger partial charge in [-0.1, -0.05) is 35.9 Å². The van der Waals surface area contributed by atoms with Crippen LogP contribution in [0.4, 0.5) is 5.69 Å². The molecule has 0 saturated carbocycles. The van der Waals surface area contributed by atoms with Crippen molar-refractivity contribution >= 4 is 17.3 Å². The smallest absolute Gasteiger partial charge is 0.0406 e. The number of hydrogen-bond donors (Lipinski definition) is 1. The van der Waals surface area contributed by atoms with E-state index >= 15 is 0 Å². The summed E-state index contributed by atoms with van der Waals surface area (Å²) in [5.41, 5.74) is 10.3. The van der Waals surface area contributed by atoms with Crippen molar-refractivity contribution in [2.24, 2.45) is 0 Å². The highest BCUT2D eigenvalue weighted by Crippen LogP contribution is 2.17. The van der Waals surface area contributed by atoms with Gasteiger partial charge in [0, 0.05) is 10.7 Å². The van der Waals surface area contributed by atoms with E-state index in [4.69, 9.17) is 17.3 Å². The summed E-state index contributed by atoms with van der Waals surface area (Å²) < 4.78 is 0. The van der Waals surface area contributed by atoms with Crippen LogP contribution in [0.3, 0.4) is 0 Å². The maximum absolute atomic E-state index is 5.88. The number of halogens is 1. The van der Waals surface area contributed by atoms with Crippen LogP contribution in [0, 0.1) is 6.92 Å². The van der Waals surface area contributed by atoms with E-state index in [1.165, 1.54) is 11.1 Å². The van der Waals surface area contributed by atoms with Crippen LogP contribution < -0.4 is 5.73 Å². The van der Waals surface area contributed by atoms with Crippen LogP contribution in [-0.4, -0.2) is 0 Å². The summed E-state index contributed by atoms with van der Waals surface area (Å²) in [6.45, 7) is 2.02. The van der Waals surface area contributed by atoms with E-state index in [0.717, 1.165) is 22.7 Å². The third kappa shape index (κ3) is 2.56. The van der Waals surface area contributed by atoms with Gasteiger partial charge in [-0.3, -0.25) is 0 Å². The molecule has 0 unspecified atom stereocenters. The summed E-state index contributed by atoms with van der Waals surface area (Å²) in [6, 6.07) is 14.1. The van der Waals surface area contributed by atoms with Crippen molar-refractivity contribution in [3.63, 3.8) is 0 Å². The predicted molar refractivity (Wildman–Crippen MR) is 69.8 cm³/mol. The summed E-state index contributed by atoms with van der Waals surface area (Å²) in [5.74, 6) is 0. The number of nitrogens with two attached hydrogens (primary N) is 1. The fourth-order valence-corrected chi connectivity index (χ4v) is 1.76. The number of aryl methyl sites for hydroxylation is 1. The molecule has 0 heterocycles. The average molecular weight is 232 g/mol. The summed E-state index contributed by atoms with van der Waals surface area (Å²) in [4.78, 5) is 0. The Labute approximate surface area is 101 Å². The zero-order valence-electron chi connectivity index (χ0n) is 9.20. The molecule has 0 bridgehead atoms. The molecule has 0 amide bonds. The minimum atomic E-state index is 0.771. The standard InChI is InChI=1S/C14H14ClN/c1-10-2-3-12(9-14(10)16)8-11-4-6-13(15)7-5-11/h2-7,9H,8,16H2,1H3. The second-order valence-corrected chi connectivity index (χ2v) is 4.43. The second kappa shape index (κ2) is 4.58. The zero-order chi connectivity index (χ0) is 11.5. The molecule has 82 valence electrons. The Kier molecular flexibility index (Phi) is 3.16. The zero-order valence-corrected chi connectivity index (χ0v) is 9.96. The first kappa shape index (κ1) is 11.0. The van der Waals surface area contributed by atoms with Gasteiger partial charge in [0.25, 0.3) is 0 Å². The van der Waals surface area contributed by atoms with Crippen LogP contribution in [0.5, 0.6) is 0 Å². The van der Waals surface area contributed by atoms with E-state index < -0.39 is 0 Å². The molecule has 2 heteroatoms. The van der Waals surface area contributed by atoms with Crippen molar-refractivity contribution in [2.45, 2.75) is 13.3 Å². The van der Waals surface area contributed by atoms with Gasteiger partial charge >= 0.3 is 0 Å². The Hall–Kier alpha value is -1.47. The van der Waals surface area contributed by atoms with Gasteiger partial charge in [-0.15, -0.1) is 0 Å². The Morgan fingerprint density at radius 3 is 2.25 bits per heavy atom. The maximum atomic E-state index is 5.88. The first-order valence-corrected chi connectivity index (χ1v) is 5.62. The molecule has 0 aliphatic carbocycles. The minimum absolute atomic E-state index is 0.771. The monoisotopic (exact) mass is 231 g/mol. The predicted octanol–water partition coefficient (Wildman–Crippen LogP) is 3.82. The largest absolute Gasteiger partial charge is 0.399 e. The van der Waals surface area contributed by atoms with Crippen LogP contribution >= 0.6 is 11.6 Å². The van der Waals surface area contributed by atoms with Crippen molar-refractivity contribution in [3.8, 4) is 0 Å². The van der Waals surface area contributed by atoms with E-state index in [0.29, 0.717) is 0 Å². The number of rotatable bonds is 2.